The summed E-state index contributed by atoms with van der Waals surface area (Å²) in [6.07, 6.45) is 7.14. The molecule has 104 valence electrons. The van der Waals surface area contributed by atoms with Crippen LogP contribution in [0.4, 0.5) is 0 Å². The second-order valence-electron chi connectivity index (χ2n) is 5.37. The van der Waals surface area contributed by atoms with Gasteiger partial charge in [0.15, 0.2) is 0 Å². The van der Waals surface area contributed by atoms with Crippen molar-refractivity contribution in [2.45, 2.75) is 38.6 Å². The molecule has 4 heteroatoms. The fourth-order valence-electron chi connectivity index (χ4n) is 2.73. The van der Waals surface area contributed by atoms with E-state index in [4.69, 9.17) is 5.73 Å². The predicted octanol–water partition coefficient (Wildman–Crippen LogP) is 1.60. The minimum absolute atomic E-state index is 0.155. The van der Waals surface area contributed by atoms with Gasteiger partial charge in [0.1, 0.15) is 0 Å². The summed E-state index contributed by atoms with van der Waals surface area (Å²) in [6, 6.07) is 4.07. The molecule has 2 rings (SSSR count). The molecule has 0 radical (unpaired) electrons. The van der Waals surface area contributed by atoms with Crippen LogP contribution in [0.2, 0.25) is 0 Å². The number of hydrogen-bond acceptors (Lipinski definition) is 3. The highest BCUT2D eigenvalue weighted by Gasteiger charge is 2.31. The lowest BCUT2D eigenvalue weighted by molar-refractivity contribution is -0.130. The zero-order chi connectivity index (χ0) is 13.7. The lowest BCUT2D eigenvalue weighted by Crippen LogP contribution is -2.32. The molecule has 2 atom stereocenters. The number of nitrogens with two attached hydrogens (primary N) is 1. The van der Waals surface area contributed by atoms with Crippen LogP contribution in [0.5, 0.6) is 0 Å². The van der Waals surface area contributed by atoms with Crippen LogP contribution in [0.1, 0.15) is 31.7 Å². The summed E-state index contributed by atoms with van der Waals surface area (Å²) >= 11 is 0. The van der Waals surface area contributed by atoms with E-state index >= 15 is 0 Å². The first-order valence-electron chi connectivity index (χ1n) is 7.13. The van der Waals surface area contributed by atoms with E-state index in [2.05, 4.69) is 11.9 Å². The number of aromatic nitrogens is 1. The van der Waals surface area contributed by atoms with E-state index in [1.807, 2.05) is 23.2 Å². The van der Waals surface area contributed by atoms with Crippen molar-refractivity contribution in [2.24, 2.45) is 11.7 Å². The molecule has 1 amide bonds. The molecule has 0 spiro atoms. The molecule has 1 aliphatic rings. The molecule has 0 unspecified atom stereocenters. The van der Waals surface area contributed by atoms with Crippen LogP contribution in [-0.4, -0.2) is 34.9 Å². The lowest BCUT2D eigenvalue weighted by atomic mass is 9.99. The lowest BCUT2D eigenvalue weighted by Gasteiger charge is -2.16. The minimum Gasteiger partial charge on any atom is -0.341 e. The molecular formula is C15H23N3O. The molecule has 2 heterocycles. The third-order valence-electron chi connectivity index (χ3n) is 3.85. The summed E-state index contributed by atoms with van der Waals surface area (Å²) in [4.78, 5) is 18.2. The third kappa shape index (κ3) is 3.77. The van der Waals surface area contributed by atoms with Crippen molar-refractivity contribution in [1.29, 1.82) is 0 Å². The van der Waals surface area contributed by atoms with Crippen LogP contribution in [0.3, 0.4) is 0 Å². The summed E-state index contributed by atoms with van der Waals surface area (Å²) in [6.45, 7) is 3.72. The van der Waals surface area contributed by atoms with Crippen molar-refractivity contribution in [3.8, 4) is 0 Å². The molecule has 19 heavy (non-hydrogen) atoms. The van der Waals surface area contributed by atoms with Crippen molar-refractivity contribution in [3.05, 3.63) is 30.1 Å². The van der Waals surface area contributed by atoms with Gasteiger partial charge in [-0.1, -0.05) is 19.4 Å². The average molecular weight is 261 g/mol. The summed E-state index contributed by atoms with van der Waals surface area (Å²) in [5.74, 6) is 0.699. The summed E-state index contributed by atoms with van der Waals surface area (Å²) in [5.41, 5.74) is 7.21. The first kappa shape index (κ1) is 14.0. The number of amides is 1. The Labute approximate surface area is 115 Å². The highest BCUT2D eigenvalue weighted by Crippen LogP contribution is 2.21. The van der Waals surface area contributed by atoms with Crippen molar-refractivity contribution < 1.29 is 4.79 Å². The Morgan fingerprint density at radius 2 is 2.37 bits per heavy atom. The molecule has 1 saturated heterocycles. The highest BCUT2D eigenvalue weighted by molar-refractivity contribution is 5.76. The second-order valence-corrected chi connectivity index (χ2v) is 5.37. The normalized spacial score (nSPS) is 22.7. The zero-order valence-electron chi connectivity index (χ0n) is 11.6. The van der Waals surface area contributed by atoms with Gasteiger partial charge >= 0.3 is 0 Å². The van der Waals surface area contributed by atoms with Crippen LogP contribution in [0, 0.1) is 5.92 Å². The van der Waals surface area contributed by atoms with Gasteiger partial charge in [-0.2, -0.15) is 0 Å². The first-order valence-corrected chi connectivity index (χ1v) is 7.13. The number of aryl methyl sites for hydroxylation is 1. The van der Waals surface area contributed by atoms with E-state index in [0.717, 1.165) is 37.9 Å². The molecule has 1 aromatic heterocycles. The van der Waals surface area contributed by atoms with Gasteiger partial charge in [0, 0.05) is 37.9 Å². The van der Waals surface area contributed by atoms with E-state index in [9.17, 15) is 4.79 Å². The number of hydrogen-bond donors (Lipinski definition) is 1. The fourth-order valence-corrected chi connectivity index (χ4v) is 2.73. The smallest absolute Gasteiger partial charge is 0.222 e. The Balaban J connectivity index is 1.81. The third-order valence-corrected chi connectivity index (χ3v) is 3.85. The molecule has 1 fully saturated rings. The monoisotopic (exact) mass is 261 g/mol. The molecule has 0 saturated carbocycles. The van der Waals surface area contributed by atoms with Crippen molar-refractivity contribution >= 4 is 5.91 Å². The maximum absolute atomic E-state index is 12.2. The molecule has 1 aliphatic heterocycles. The maximum Gasteiger partial charge on any atom is 0.222 e. The molecular weight excluding hydrogens is 238 g/mol. The van der Waals surface area contributed by atoms with Gasteiger partial charge in [-0.25, -0.2) is 0 Å². The summed E-state index contributed by atoms with van der Waals surface area (Å²) in [7, 11) is 0. The summed E-state index contributed by atoms with van der Waals surface area (Å²) in [5, 5.41) is 0. The second kappa shape index (κ2) is 6.66. The van der Waals surface area contributed by atoms with Crippen molar-refractivity contribution in [2.75, 3.05) is 13.1 Å². The first-order chi connectivity index (χ1) is 9.20. The molecule has 1 aromatic rings. The van der Waals surface area contributed by atoms with Gasteiger partial charge in [0.05, 0.1) is 0 Å². The van der Waals surface area contributed by atoms with E-state index in [1.165, 1.54) is 0 Å². The van der Waals surface area contributed by atoms with Gasteiger partial charge in [0.25, 0.3) is 0 Å². The van der Waals surface area contributed by atoms with Crippen LogP contribution in [-0.2, 0) is 11.2 Å². The molecule has 0 aliphatic carbocycles. The van der Waals surface area contributed by atoms with Gasteiger partial charge in [0.2, 0.25) is 5.91 Å². The number of carbonyl (C=O) groups is 1. The van der Waals surface area contributed by atoms with E-state index in [-0.39, 0.29) is 11.9 Å². The van der Waals surface area contributed by atoms with Crippen molar-refractivity contribution in [3.63, 3.8) is 0 Å². The largest absolute Gasteiger partial charge is 0.341 e. The molecule has 4 nitrogen and oxygen atoms in total. The molecule has 2 N–H and O–H groups in total. The summed E-state index contributed by atoms with van der Waals surface area (Å²) < 4.78 is 0. The van der Waals surface area contributed by atoms with E-state index < -0.39 is 0 Å². The number of likely N-dealkylation sites (tertiary alicyclic amines) is 1. The van der Waals surface area contributed by atoms with E-state index in [0.29, 0.717) is 12.3 Å². The number of carbonyl (C=O) groups excluding carboxylic acids is 1. The SMILES string of the molecule is CCC[C@@H]1CN(C(=O)CCc2cccnc2)C[C@H]1N. The van der Waals surface area contributed by atoms with Gasteiger partial charge in [-0.15, -0.1) is 0 Å². The van der Waals surface area contributed by atoms with E-state index in [1.54, 1.807) is 6.20 Å². The van der Waals surface area contributed by atoms with Crippen LogP contribution < -0.4 is 5.73 Å². The van der Waals surface area contributed by atoms with Gasteiger partial charge < -0.3 is 10.6 Å². The predicted molar refractivity (Wildman–Crippen MR) is 75.5 cm³/mol. The number of rotatable bonds is 5. The van der Waals surface area contributed by atoms with Gasteiger partial charge in [-0.3, -0.25) is 9.78 Å². The fraction of sp³-hybridized carbons (Fsp3) is 0.600. The maximum atomic E-state index is 12.2. The Morgan fingerprint density at radius 1 is 1.53 bits per heavy atom. The van der Waals surface area contributed by atoms with Gasteiger partial charge in [-0.05, 0) is 30.4 Å². The van der Waals surface area contributed by atoms with Crippen LogP contribution in [0.25, 0.3) is 0 Å². The topological polar surface area (TPSA) is 59.2 Å². The quantitative estimate of drug-likeness (QED) is 0.876. The molecule has 0 aromatic carbocycles. The van der Waals surface area contributed by atoms with Crippen molar-refractivity contribution in [1.82, 2.24) is 9.88 Å². The zero-order valence-corrected chi connectivity index (χ0v) is 11.6. The van der Waals surface area contributed by atoms with Crippen LogP contribution in [0.15, 0.2) is 24.5 Å². The Morgan fingerprint density at radius 3 is 3.05 bits per heavy atom. The number of pyridine rings is 1. The number of nitrogens with zero attached hydrogens (tertiary/aromatic N) is 2. The minimum atomic E-state index is 0.155. The Kier molecular flexibility index (Phi) is 4.91. The average Bonchev–Trinajstić information content (AvgIpc) is 2.79. The van der Waals surface area contributed by atoms with Crippen LogP contribution >= 0.6 is 0 Å². The molecule has 0 bridgehead atoms. The Bertz CT molecular complexity index is 407. The standard InChI is InChI=1S/C15H23N3O/c1-2-4-13-10-18(11-14(13)16)15(19)7-6-12-5-3-8-17-9-12/h3,5,8-9,13-14H,2,4,6-7,10-11,16H2,1H3/t13-,14-/m1/s1. The highest BCUT2D eigenvalue weighted by atomic mass is 16.2. The Hall–Kier alpha value is -1.42.